The van der Waals surface area contributed by atoms with Crippen LogP contribution in [-0.2, 0) is 16.0 Å². The second-order valence-electron chi connectivity index (χ2n) is 7.65. The number of ether oxygens (including phenoxy) is 1. The van der Waals surface area contributed by atoms with E-state index in [1.165, 1.54) is 18.2 Å². The lowest BCUT2D eigenvalue weighted by Gasteiger charge is -2.16. The lowest BCUT2D eigenvalue weighted by molar-refractivity contribution is -0.124. The number of nitrogens with zero attached hydrogens (tertiary/aromatic N) is 1. The van der Waals surface area contributed by atoms with Gasteiger partial charge in [0.15, 0.2) is 6.61 Å². The summed E-state index contributed by atoms with van der Waals surface area (Å²) in [4.78, 5) is 51.2. The fourth-order valence-electron chi connectivity index (χ4n) is 3.66. The molecular weight excluding hydrogens is 420 g/mol. The molecule has 1 N–H and O–H groups in total. The van der Waals surface area contributed by atoms with Gasteiger partial charge in [-0.05, 0) is 48.7 Å². The van der Waals surface area contributed by atoms with Crippen LogP contribution in [0.4, 0.5) is 5.69 Å². The Morgan fingerprint density at radius 1 is 0.879 bits per heavy atom. The number of carbonyl (C=O) groups excluding carboxylic acids is 4. The van der Waals surface area contributed by atoms with Crippen molar-refractivity contribution in [2.75, 3.05) is 18.1 Å². The van der Waals surface area contributed by atoms with E-state index in [-0.39, 0.29) is 16.7 Å². The molecule has 1 heterocycles. The number of nitrogens with one attached hydrogen (secondary N) is 1. The predicted octanol–water partition coefficient (Wildman–Crippen LogP) is 3.31. The quantitative estimate of drug-likeness (QED) is 0.448. The second kappa shape index (κ2) is 9.48. The van der Waals surface area contributed by atoms with E-state index in [0.29, 0.717) is 18.7 Å². The van der Waals surface area contributed by atoms with Crippen LogP contribution in [0.3, 0.4) is 0 Å². The van der Waals surface area contributed by atoms with E-state index >= 15 is 0 Å². The molecule has 1 aliphatic heterocycles. The van der Waals surface area contributed by atoms with Gasteiger partial charge in [-0.15, -0.1) is 0 Å². The van der Waals surface area contributed by atoms with Gasteiger partial charge < -0.3 is 10.1 Å². The van der Waals surface area contributed by atoms with Gasteiger partial charge in [-0.3, -0.25) is 14.4 Å². The molecule has 33 heavy (non-hydrogen) atoms. The van der Waals surface area contributed by atoms with Crippen LogP contribution in [-0.4, -0.2) is 36.8 Å². The van der Waals surface area contributed by atoms with E-state index in [1.54, 1.807) is 12.1 Å². The number of para-hydroxylation sites is 1. The first-order valence-electron chi connectivity index (χ1n) is 10.5. The summed E-state index contributed by atoms with van der Waals surface area (Å²) in [7, 11) is 0. The molecule has 0 unspecified atom stereocenters. The maximum Gasteiger partial charge on any atom is 0.338 e. The lowest BCUT2D eigenvalue weighted by atomic mass is 10.1. The van der Waals surface area contributed by atoms with Gasteiger partial charge in [0.2, 0.25) is 0 Å². The number of anilines is 1. The van der Waals surface area contributed by atoms with E-state index in [0.717, 1.165) is 16.0 Å². The largest absolute Gasteiger partial charge is 0.452 e. The van der Waals surface area contributed by atoms with E-state index < -0.39 is 30.3 Å². The summed E-state index contributed by atoms with van der Waals surface area (Å²) in [5.41, 5.74) is 2.82. The van der Waals surface area contributed by atoms with Crippen molar-refractivity contribution >= 4 is 29.4 Å². The molecule has 0 spiro atoms. The van der Waals surface area contributed by atoms with E-state index in [1.807, 2.05) is 49.4 Å². The van der Waals surface area contributed by atoms with Crippen LogP contribution in [0.5, 0.6) is 0 Å². The fourth-order valence-corrected chi connectivity index (χ4v) is 3.66. The summed E-state index contributed by atoms with van der Waals surface area (Å²) in [5.74, 6) is -2.11. The van der Waals surface area contributed by atoms with E-state index in [9.17, 15) is 19.2 Å². The van der Waals surface area contributed by atoms with Crippen molar-refractivity contribution in [2.24, 2.45) is 0 Å². The maximum atomic E-state index is 12.9. The van der Waals surface area contributed by atoms with Crippen molar-refractivity contribution < 1.29 is 23.9 Å². The number of fused-ring (bicyclic) bond motifs is 1. The number of hydrogen-bond donors (Lipinski definition) is 1. The van der Waals surface area contributed by atoms with E-state index in [2.05, 4.69) is 5.32 Å². The Kier molecular flexibility index (Phi) is 6.31. The van der Waals surface area contributed by atoms with Gasteiger partial charge in [0.05, 0.1) is 22.4 Å². The number of rotatable bonds is 7. The molecule has 166 valence electrons. The first kappa shape index (κ1) is 22.0. The van der Waals surface area contributed by atoms with Gasteiger partial charge in [-0.1, -0.05) is 48.5 Å². The Morgan fingerprint density at radius 3 is 2.33 bits per heavy atom. The molecule has 0 saturated carbocycles. The topological polar surface area (TPSA) is 92.8 Å². The third-order valence-corrected chi connectivity index (χ3v) is 5.39. The number of carbonyl (C=O) groups is 4. The molecule has 0 bridgehead atoms. The van der Waals surface area contributed by atoms with Crippen molar-refractivity contribution in [1.82, 2.24) is 5.32 Å². The van der Waals surface area contributed by atoms with Crippen LogP contribution < -0.4 is 10.2 Å². The molecule has 0 radical (unpaired) electrons. The average molecular weight is 442 g/mol. The minimum absolute atomic E-state index is 0.0959. The molecule has 4 rings (SSSR count). The molecule has 7 nitrogen and oxygen atoms in total. The monoisotopic (exact) mass is 442 g/mol. The zero-order chi connectivity index (χ0) is 23.4. The van der Waals surface area contributed by atoms with Gasteiger partial charge in [0, 0.05) is 6.54 Å². The van der Waals surface area contributed by atoms with Crippen molar-refractivity contribution in [3.05, 3.63) is 101 Å². The van der Waals surface area contributed by atoms with Crippen LogP contribution in [0.1, 0.15) is 42.2 Å². The Balaban J connectivity index is 1.37. The zero-order valence-corrected chi connectivity index (χ0v) is 18.0. The Hall–Kier alpha value is -4.26. The molecule has 0 aromatic heterocycles. The van der Waals surface area contributed by atoms with Crippen molar-refractivity contribution in [2.45, 2.75) is 13.3 Å². The van der Waals surface area contributed by atoms with Gasteiger partial charge in [-0.25, -0.2) is 9.69 Å². The predicted molar refractivity (Wildman–Crippen MR) is 122 cm³/mol. The molecule has 0 aliphatic carbocycles. The number of imide groups is 1. The SMILES string of the molecule is Cc1ccccc1N1C(=O)c2ccc(C(=O)OCC(=O)NCCc3ccccc3)cc2C1=O. The molecule has 3 aromatic carbocycles. The highest BCUT2D eigenvalue weighted by molar-refractivity contribution is 6.34. The van der Waals surface area contributed by atoms with Crippen molar-refractivity contribution in [1.29, 1.82) is 0 Å². The van der Waals surface area contributed by atoms with Crippen LogP contribution in [0.2, 0.25) is 0 Å². The van der Waals surface area contributed by atoms with Crippen molar-refractivity contribution in [3.63, 3.8) is 0 Å². The molecule has 0 saturated heterocycles. The standard InChI is InChI=1S/C26H22N2O5/c1-17-7-5-6-10-22(17)28-24(30)20-12-11-19(15-21(20)25(28)31)26(32)33-16-23(29)27-14-13-18-8-3-2-4-9-18/h2-12,15H,13-14,16H2,1H3,(H,27,29). The highest BCUT2D eigenvalue weighted by Crippen LogP contribution is 2.31. The van der Waals surface area contributed by atoms with Crippen LogP contribution >= 0.6 is 0 Å². The summed E-state index contributed by atoms with van der Waals surface area (Å²) in [6.07, 6.45) is 0.666. The third-order valence-electron chi connectivity index (χ3n) is 5.39. The summed E-state index contributed by atoms with van der Waals surface area (Å²) < 4.78 is 5.08. The van der Waals surface area contributed by atoms with Gasteiger partial charge in [-0.2, -0.15) is 0 Å². The van der Waals surface area contributed by atoms with Gasteiger partial charge in [0.1, 0.15) is 0 Å². The molecule has 3 aromatic rings. The lowest BCUT2D eigenvalue weighted by Crippen LogP contribution is -2.30. The molecule has 0 atom stereocenters. The van der Waals surface area contributed by atoms with E-state index in [4.69, 9.17) is 4.74 Å². The van der Waals surface area contributed by atoms with Crippen LogP contribution in [0.15, 0.2) is 72.8 Å². The molecule has 1 aliphatic rings. The third kappa shape index (κ3) is 4.67. The Morgan fingerprint density at radius 2 is 1.58 bits per heavy atom. The summed E-state index contributed by atoms with van der Waals surface area (Å²) >= 11 is 0. The normalized spacial score (nSPS) is 12.5. The highest BCUT2D eigenvalue weighted by atomic mass is 16.5. The van der Waals surface area contributed by atoms with Crippen LogP contribution in [0.25, 0.3) is 0 Å². The minimum atomic E-state index is -0.745. The molecule has 3 amide bonds. The van der Waals surface area contributed by atoms with Crippen molar-refractivity contribution in [3.8, 4) is 0 Å². The molecule has 0 fully saturated rings. The Labute approximate surface area is 191 Å². The number of amides is 3. The molecular formula is C26H22N2O5. The number of aryl methyl sites for hydroxylation is 1. The zero-order valence-electron chi connectivity index (χ0n) is 18.0. The summed E-state index contributed by atoms with van der Waals surface area (Å²) in [5, 5.41) is 2.70. The smallest absolute Gasteiger partial charge is 0.338 e. The number of esters is 1. The highest BCUT2D eigenvalue weighted by Gasteiger charge is 2.37. The van der Waals surface area contributed by atoms with Crippen LogP contribution in [0, 0.1) is 6.92 Å². The number of benzene rings is 3. The minimum Gasteiger partial charge on any atom is -0.452 e. The maximum absolute atomic E-state index is 12.9. The average Bonchev–Trinajstić information content (AvgIpc) is 3.08. The first-order valence-corrected chi connectivity index (χ1v) is 10.5. The van der Waals surface area contributed by atoms with Gasteiger partial charge in [0.25, 0.3) is 17.7 Å². The Bertz CT molecular complexity index is 1240. The molecule has 7 heteroatoms. The number of hydrogen-bond acceptors (Lipinski definition) is 5. The fraction of sp³-hybridized carbons (Fsp3) is 0.154. The summed E-state index contributed by atoms with van der Waals surface area (Å²) in [6.45, 7) is 1.80. The second-order valence-corrected chi connectivity index (χ2v) is 7.65. The summed E-state index contributed by atoms with van der Waals surface area (Å²) in [6, 6.07) is 21.0. The first-order chi connectivity index (χ1) is 16.0. The van der Waals surface area contributed by atoms with Gasteiger partial charge >= 0.3 is 5.97 Å².